The van der Waals surface area contributed by atoms with Gasteiger partial charge in [0.25, 0.3) is 0 Å². The molecule has 0 unspecified atom stereocenters. The Balaban J connectivity index is 1.69. The van der Waals surface area contributed by atoms with Gasteiger partial charge in [0.1, 0.15) is 5.00 Å². The van der Waals surface area contributed by atoms with Crippen molar-refractivity contribution in [3.63, 3.8) is 0 Å². The van der Waals surface area contributed by atoms with Gasteiger partial charge in [0.2, 0.25) is 5.91 Å². The molecule has 0 aromatic carbocycles. The Kier molecular flexibility index (Phi) is 5.36. The summed E-state index contributed by atoms with van der Waals surface area (Å²) in [5.41, 5.74) is 1.53. The number of aryl methyl sites for hydroxylation is 2. The highest BCUT2D eigenvalue weighted by molar-refractivity contribution is 7.17. The summed E-state index contributed by atoms with van der Waals surface area (Å²) >= 11 is 1.43. The predicted molar refractivity (Wildman–Crippen MR) is 94.7 cm³/mol. The van der Waals surface area contributed by atoms with Gasteiger partial charge in [-0.15, -0.1) is 11.3 Å². The van der Waals surface area contributed by atoms with Crippen LogP contribution in [0.4, 0.5) is 5.00 Å². The number of carboxylic acid groups (broad SMARTS) is 1. The first-order valence-corrected chi connectivity index (χ1v) is 9.09. The van der Waals surface area contributed by atoms with Crippen molar-refractivity contribution in [3.8, 4) is 0 Å². The Labute approximate surface area is 153 Å². The van der Waals surface area contributed by atoms with E-state index in [1.807, 2.05) is 0 Å². The van der Waals surface area contributed by atoms with Gasteiger partial charge in [-0.25, -0.2) is 9.59 Å². The summed E-state index contributed by atoms with van der Waals surface area (Å²) < 4.78 is 6.29. The second-order valence-corrected chi connectivity index (χ2v) is 7.11. The average Bonchev–Trinajstić information content (AvgIpc) is 3.23. The number of thiophene rings is 1. The Morgan fingerprint density at radius 1 is 1.35 bits per heavy atom. The molecule has 8 nitrogen and oxygen atoms in total. The molecule has 0 atom stereocenters. The van der Waals surface area contributed by atoms with Gasteiger partial charge in [-0.3, -0.25) is 9.48 Å². The Bertz CT molecular complexity index is 855. The predicted octanol–water partition coefficient (Wildman–Crippen LogP) is 2.34. The fourth-order valence-electron chi connectivity index (χ4n) is 2.97. The SMILES string of the molecule is COC(=O)c1c(NC(=O)CCn2cc(C(=O)O)cn2)sc2c1CCCC2. The number of carboxylic acids is 1. The van der Waals surface area contributed by atoms with Crippen molar-refractivity contribution in [3.05, 3.63) is 34.0 Å². The van der Waals surface area contributed by atoms with Crippen molar-refractivity contribution in [2.24, 2.45) is 0 Å². The van der Waals surface area contributed by atoms with Gasteiger partial charge < -0.3 is 15.2 Å². The maximum Gasteiger partial charge on any atom is 0.341 e. The molecule has 26 heavy (non-hydrogen) atoms. The first-order chi connectivity index (χ1) is 12.5. The maximum atomic E-state index is 12.3. The molecule has 0 fully saturated rings. The van der Waals surface area contributed by atoms with Crippen LogP contribution in [-0.4, -0.2) is 39.8 Å². The van der Waals surface area contributed by atoms with Crippen LogP contribution in [0.25, 0.3) is 0 Å². The summed E-state index contributed by atoms with van der Waals surface area (Å²) in [5, 5.41) is 16.1. The van der Waals surface area contributed by atoms with Crippen molar-refractivity contribution in [1.82, 2.24) is 9.78 Å². The summed E-state index contributed by atoms with van der Waals surface area (Å²) in [5.74, 6) is -1.76. The lowest BCUT2D eigenvalue weighted by Gasteiger charge is -2.11. The molecule has 3 rings (SSSR count). The number of rotatable bonds is 6. The van der Waals surface area contributed by atoms with E-state index in [-0.39, 0.29) is 24.4 Å². The van der Waals surface area contributed by atoms with Crippen LogP contribution in [0.5, 0.6) is 0 Å². The third kappa shape index (κ3) is 3.77. The lowest BCUT2D eigenvalue weighted by Crippen LogP contribution is -2.16. The van der Waals surface area contributed by atoms with E-state index in [1.165, 1.54) is 35.5 Å². The molecule has 0 spiro atoms. The average molecular weight is 377 g/mol. The number of anilines is 1. The summed E-state index contributed by atoms with van der Waals surface area (Å²) in [7, 11) is 1.33. The molecule has 138 valence electrons. The van der Waals surface area contributed by atoms with Gasteiger partial charge >= 0.3 is 11.9 Å². The number of nitrogens with zero attached hydrogens (tertiary/aromatic N) is 2. The van der Waals surface area contributed by atoms with Crippen molar-refractivity contribution in [2.75, 3.05) is 12.4 Å². The zero-order chi connectivity index (χ0) is 18.7. The van der Waals surface area contributed by atoms with Gasteiger partial charge in [-0.05, 0) is 31.2 Å². The Hall–Kier alpha value is -2.68. The third-order valence-electron chi connectivity index (χ3n) is 4.26. The number of fused-ring (bicyclic) bond motifs is 1. The number of esters is 1. The van der Waals surface area contributed by atoms with E-state index in [1.54, 1.807) is 0 Å². The Morgan fingerprint density at radius 3 is 2.81 bits per heavy atom. The number of aromatic nitrogens is 2. The topological polar surface area (TPSA) is 111 Å². The molecule has 0 saturated heterocycles. The summed E-state index contributed by atoms with van der Waals surface area (Å²) in [6.07, 6.45) is 6.55. The maximum absolute atomic E-state index is 12.3. The molecule has 1 amide bonds. The minimum atomic E-state index is -1.06. The van der Waals surface area contributed by atoms with E-state index in [2.05, 4.69) is 10.4 Å². The molecule has 0 saturated carbocycles. The highest BCUT2D eigenvalue weighted by atomic mass is 32.1. The minimum absolute atomic E-state index is 0.0734. The van der Waals surface area contributed by atoms with Crippen LogP contribution in [0.15, 0.2) is 12.4 Å². The molecule has 0 radical (unpaired) electrons. The molecule has 1 aliphatic carbocycles. The zero-order valence-electron chi connectivity index (χ0n) is 14.3. The van der Waals surface area contributed by atoms with Gasteiger partial charge in [0.15, 0.2) is 0 Å². The van der Waals surface area contributed by atoms with Gasteiger partial charge in [0, 0.05) is 24.0 Å². The molecule has 0 aliphatic heterocycles. The van der Waals surface area contributed by atoms with E-state index in [0.29, 0.717) is 10.6 Å². The first kappa shape index (κ1) is 18.1. The molecule has 2 aromatic heterocycles. The van der Waals surface area contributed by atoms with Crippen LogP contribution < -0.4 is 5.32 Å². The second kappa shape index (κ2) is 7.69. The normalized spacial score (nSPS) is 13.1. The second-order valence-electron chi connectivity index (χ2n) is 6.00. The highest BCUT2D eigenvalue weighted by Gasteiger charge is 2.26. The van der Waals surface area contributed by atoms with Gasteiger partial charge in [-0.1, -0.05) is 0 Å². The summed E-state index contributed by atoms with van der Waals surface area (Å²) in [4.78, 5) is 36.4. The highest BCUT2D eigenvalue weighted by Crippen LogP contribution is 2.38. The van der Waals surface area contributed by atoms with Crippen LogP contribution in [0.3, 0.4) is 0 Å². The Morgan fingerprint density at radius 2 is 2.12 bits per heavy atom. The van der Waals surface area contributed by atoms with Crippen LogP contribution in [-0.2, 0) is 28.9 Å². The lowest BCUT2D eigenvalue weighted by molar-refractivity contribution is -0.116. The molecule has 9 heteroatoms. The minimum Gasteiger partial charge on any atom is -0.478 e. The smallest absolute Gasteiger partial charge is 0.341 e. The van der Waals surface area contributed by atoms with E-state index in [9.17, 15) is 14.4 Å². The first-order valence-electron chi connectivity index (χ1n) is 8.28. The number of hydrogen-bond donors (Lipinski definition) is 2. The largest absolute Gasteiger partial charge is 0.478 e. The van der Waals surface area contributed by atoms with Crippen LogP contribution in [0, 0.1) is 0 Å². The van der Waals surface area contributed by atoms with Gasteiger partial charge in [0.05, 0.1) is 24.4 Å². The fourth-order valence-corrected chi connectivity index (χ4v) is 4.27. The fraction of sp³-hybridized carbons (Fsp3) is 0.412. The molecule has 2 aromatic rings. The lowest BCUT2D eigenvalue weighted by atomic mass is 9.95. The van der Waals surface area contributed by atoms with Crippen LogP contribution >= 0.6 is 11.3 Å². The number of aromatic carboxylic acids is 1. The molecule has 1 aliphatic rings. The van der Waals surface area contributed by atoms with E-state index < -0.39 is 11.9 Å². The quantitative estimate of drug-likeness (QED) is 0.748. The monoisotopic (exact) mass is 377 g/mol. The number of nitrogens with one attached hydrogen (secondary N) is 1. The number of methoxy groups -OCH3 is 1. The standard InChI is InChI=1S/C17H19N3O5S/c1-25-17(24)14-11-4-2-3-5-12(11)26-15(14)19-13(21)6-7-20-9-10(8-18-20)16(22)23/h8-9H,2-7H2,1H3,(H,19,21)(H,22,23). The van der Waals surface area contributed by atoms with E-state index in [0.717, 1.165) is 36.1 Å². The number of carbonyl (C=O) groups is 3. The van der Waals surface area contributed by atoms with Crippen LogP contribution in [0.1, 0.15) is 50.4 Å². The van der Waals surface area contributed by atoms with Crippen molar-refractivity contribution in [1.29, 1.82) is 0 Å². The molecule has 0 bridgehead atoms. The van der Waals surface area contributed by atoms with Gasteiger partial charge in [-0.2, -0.15) is 5.10 Å². The summed E-state index contributed by atoms with van der Waals surface area (Å²) in [6, 6.07) is 0. The van der Waals surface area contributed by atoms with Crippen molar-refractivity contribution >= 4 is 34.2 Å². The number of hydrogen-bond acceptors (Lipinski definition) is 6. The molecule has 2 N–H and O–H groups in total. The number of carbonyl (C=O) groups excluding carboxylic acids is 2. The molecule has 2 heterocycles. The van der Waals surface area contributed by atoms with E-state index >= 15 is 0 Å². The zero-order valence-corrected chi connectivity index (χ0v) is 15.1. The summed E-state index contributed by atoms with van der Waals surface area (Å²) in [6.45, 7) is 0.248. The number of amides is 1. The van der Waals surface area contributed by atoms with E-state index in [4.69, 9.17) is 9.84 Å². The third-order valence-corrected chi connectivity index (χ3v) is 5.47. The molecular formula is C17H19N3O5S. The molecular weight excluding hydrogens is 358 g/mol. The van der Waals surface area contributed by atoms with Crippen LogP contribution in [0.2, 0.25) is 0 Å². The van der Waals surface area contributed by atoms with Crippen molar-refractivity contribution < 1.29 is 24.2 Å². The van der Waals surface area contributed by atoms with Crippen molar-refractivity contribution in [2.45, 2.75) is 38.6 Å². The number of ether oxygens (including phenoxy) is 1.